The van der Waals surface area contributed by atoms with Crippen molar-refractivity contribution in [3.63, 3.8) is 0 Å². The van der Waals surface area contributed by atoms with Crippen molar-refractivity contribution in [1.82, 2.24) is 0 Å². The van der Waals surface area contributed by atoms with E-state index in [0.717, 1.165) is 5.56 Å². The fourth-order valence-corrected chi connectivity index (χ4v) is 3.11. The van der Waals surface area contributed by atoms with Crippen molar-refractivity contribution in [2.24, 2.45) is 0 Å². The molecule has 2 aromatic rings. The number of amides is 1. The molecule has 1 unspecified atom stereocenters. The van der Waals surface area contributed by atoms with E-state index in [9.17, 15) is 13.3 Å². The Morgan fingerprint density at radius 3 is 2.08 bits per heavy atom. The molecule has 2 rings (SSSR count). The van der Waals surface area contributed by atoms with Gasteiger partial charge in [-0.3, -0.25) is 4.79 Å². The van der Waals surface area contributed by atoms with Crippen LogP contribution in [0.2, 0.25) is 0 Å². The zero-order chi connectivity index (χ0) is 18.9. The van der Waals surface area contributed by atoms with Gasteiger partial charge in [0.05, 0.1) is 0 Å². The van der Waals surface area contributed by atoms with Gasteiger partial charge in [-0.15, -0.1) is 0 Å². The molecule has 0 aliphatic heterocycles. The first-order chi connectivity index (χ1) is 11.8. The van der Waals surface area contributed by atoms with E-state index in [0.29, 0.717) is 12.1 Å². The van der Waals surface area contributed by atoms with E-state index in [1.807, 2.05) is 37.3 Å². The predicted octanol–water partition coefficient (Wildman–Crippen LogP) is 1.98. The second kappa shape index (κ2) is 9.96. The molecule has 1 atom stereocenters. The molecular formula is C17H20AsNO6. The number of carbonyl (C=O) groups is 2. The summed E-state index contributed by atoms with van der Waals surface area (Å²) in [6.45, 7) is 3.22. The van der Waals surface area contributed by atoms with Crippen LogP contribution in [-0.4, -0.2) is 35.2 Å². The molecule has 25 heavy (non-hydrogen) atoms. The number of anilines is 1. The number of carbonyl (C=O) groups excluding carboxylic acids is 2. The first-order valence-corrected chi connectivity index (χ1v) is 10.7. The van der Waals surface area contributed by atoms with Crippen molar-refractivity contribution < 1.29 is 26.6 Å². The van der Waals surface area contributed by atoms with Crippen molar-refractivity contribution in [3.8, 4) is 0 Å². The number of nitrogens with one attached hydrogen (secondary N) is 1. The molecule has 0 heterocycles. The van der Waals surface area contributed by atoms with Crippen LogP contribution in [0.5, 0.6) is 0 Å². The maximum absolute atomic E-state index is 11.2. The van der Waals surface area contributed by atoms with Gasteiger partial charge in [-0.2, -0.15) is 0 Å². The number of ketones is 1. The fraction of sp³-hybridized carbons (Fsp3) is 0.176. The van der Waals surface area contributed by atoms with Gasteiger partial charge in [0.25, 0.3) is 0 Å². The summed E-state index contributed by atoms with van der Waals surface area (Å²) in [7, 11) is 0. The van der Waals surface area contributed by atoms with Gasteiger partial charge in [-0.1, -0.05) is 37.3 Å². The Labute approximate surface area is 148 Å². The molecule has 0 saturated heterocycles. The van der Waals surface area contributed by atoms with E-state index in [1.54, 1.807) is 0 Å². The summed E-state index contributed by atoms with van der Waals surface area (Å²) in [4.78, 5) is 21.7. The third-order valence-electron chi connectivity index (χ3n) is 3.04. The summed E-state index contributed by atoms with van der Waals surface area (Å²) in [5.74, 6) is -0.0284. The largest absolute Gasteiger partial charge is 0.294 e. The summed E-state index contributed by atoms with van der Waals surface area (Å²) < 4.78 is 23.8. The topological polar surface area (TPSA) is 113 Å². The van der Waals surface area contributed by atoms with Crippen molar-refractivity contribution in [2.75, 3.05) is 5.32 Å². The minimum Gasteiger partial charge on any atom is -0.294 e. The average Bonchev–Trinajstić information content (AvgIpc) is 2.62. The quantitative estimate of drug-likeness (QED) is 0.301. The van der Waals surface area contributed by atoms with Crippen LogP contribution in [0.1, 0.15) is 30.6 Å². The smallest absolute Gasteiger partial charge is 0.162 e. The van der Waals surface area contributed by atoms with Gasteiger partial charge in [0.2, 0.25) is 0 Å². The Kier molecular flexibility index (Phi) is 8.31. The minimum atomic E-state index is -4.76. The molecule has 0 aliphatic rings. The number of hydrogen-bond acceptors (Lipinski definition) is 5. The van der Waals surface area contributed by atoms with Crippen LogP contribution in [0.25, 0.3) is 0 Å². The van der Waals surface area contributed by atoms with Crippen molar-refractivity contribution >= 4 is 35.9 Å². The van der Waals surface area contributed by atoms with Gasteiger partial charge >= 0.3 is 88.4 Å². The molecule has 0 bridgehead atoms. The molecular weight excluding hydrogens is 389 g/mol. The molecule has 0 saturated carbocycles. The number of rotatable bonds is 5. The molecule has 1 amide bonds. The normalized spacial score (nSPS) is 12.3. The Morgan fingerprint density at radius 2 is 1.64 bits per heavy atom. The molecule has 134 valence electrons. The second-order valence-electron chi connectivity index (χ2n) is 4.97. The monoisotopic (exact) mass is 409 g/mol. The molecule has 0 spiro atoms. The van der Waals surface area contributed by atoms with Gasteiger partial charge in [0.15, 0.2) is 5.78 Å². The van der Waals surface area contributed by atoms with Crippen LogP contribution in [0.15, 0.2) is 54.6 Å². The van der Waals surface area contributed by atoms with E-state index in [-0.39, 0.29) is 16.0 Å². The maximum Gasteiger partial charge on any atom is 0.162 e. The van der Waals surface area contributed by atoms with Crippen LogP contribution in [0.3, 0.4) is 0 Å². The zero-order valence-corrected chi connectivity index (χ0v) is 15.8. The predicted molar refractivity (Wildman–Crippen MR) is 93.8 cm³/mol. The second-order valence-corrected chi connectivity index (χ2v) is 8.58. The van der Waals surface area contributed by atoms with E-state index in [2.05, 4.69) is 9.19 Å². The maximum atomic E-state index is 11.2. The summed E-state index contributed by atoms with van der Waals surface area (Å²) in [6, 6.07) is 14.8. The molecule has 3 N–H and O–H groups in total. The molecule has 8 heteroatoms. The standard InChI is InChI=1S/C9H10O.C8H10AsNO5/c1-2-9(10)8-6-4-3-5-7-8;1-6(11)10-8-4-2-7(3-5-8)9(12,13)15-14/h3-7H,2H2,1H3;2-5,14H,1H3,(H,10,11)(H,12,13). The Balaban J connectivity index is 0.000000271. The molecule has 7 nitrogen and oxygen atoms in total. The van der Waals surface area contributed by atoms with Crippen molar-refractivity contribution in [1.29, 1.82) is 0 Å². The first kappa shape index (κ1) is 20.9. The third kappa shape index (κ3) is 7.07. The molecule has 2 aromatic carbocycles. The third-order valence-corrected chi connectivity index (χ3v) is 5.50. The SMILES string of the molecule is CC(=O)Nc1ccc([As](=O)(O)OO)cc1.CCC(=O)c1ccccc1. The van der Waals surface area contributed by atoms with E-state index < -0.39 is 14.2 Å². The Bertz CT molecular complexity index is 745. The zero-order valence-electron chi connectivity index (χ0n) is 13.9. The Hall–Kier alpha value is -2.18. The van der Waals surface area contributed by atoms with Crippen LogP contribution in [-0.2, 0) is 12.4 Å². The fourth-order valence-electron chi connectivity index (χ4n) is 1.81. The minimum absolute atomic E-state index is 0.00438. The Morgan fingerprint density at radius 1 is 1.08 bits per heavy atom. The van der Waals surface area contributed by atoms with Gasteiger partial charge in [-0.25, -0.2) is 0 Å². The molecule has 0 fully saturated rings. The van der Waals surface area contributed by atoms with Crippen molar-refractivity contribution in [3.05, 3.63) is 60.2 Å². The van der Waals surface area contributed by atoms with Crippen LogP contribution in [0, 0.1) is 0 Å². The average molecular weight is 409 g/mol. The molecule has 0 radical (unpaired) electrons. The van der Waals surface area contributed by atoms with Gasteiger partial charge in [-0.05, 0) is 0 Å². The van der Waals surface area contributed by atoms with E-state index in [1.165, 1.54) is 31.2 Å². The van der Waals surface area contributed by atoms with Crippen LogP contribution >= 0.6 is 0 Å². The molecule has 0 aromatic heterocycles. The number of hydrogen-bond donors (Lipinski definition) is 3. The van der Waals surface area contributed by atoms with E-state index in [4.69, 9.17) is 9.35 Å². The van der Waals surface area contributed by atoms with Crippen molar-refractivity contribution in [2.45, 2.75) is 20.3 Å². The summed E-state index contributed by atoms with van der Waals surface area (Å²) >= 11 is -4.76. The summed E-state index contributed by atoms with van der Waals surface area (Å²) in [6.07, 6.45) is 0.587. The first-order valence-electron chi connectivity index (χ1n) is 7.42. The summed E-state index contributed by atoms with van der Waals surface area (Å²) in [5, 5.41) is 10.7. The van der Waals surface area contributed by atoms with Crippen LogP contribution in [0.4, 0.5) is 5.69 Å². The summed E-state index contributed by atoms with van der Waals surface area (Å²) in [5.41, 5.74) is 1.31. The van der Waals surface area contributed by atoms with Crippen LogP contribution < -0.4 is 9.67 Å². The molecule has 0 aliphatic carbocycles. The van der Waals surface area contributed by atoms with Gasteiger partial charge < -0.3 is 0 Å². The van der Waals surface area contributed by atoms with E-state index >= 15 is 0 Å². The van der Waals surface area contributed by atoms with Gasteiger partial charge in [0, 0.05) is 12.0 Å². The number of Topliss-reactive ketones (excluding diaryl/α,β-unsaturated/α-hetero) is 1. The van der Waals surface area contributed by atoms with Gasteiger partial charge in [0.1, 0.15) is 0 Å². The number of benzene rings is 2.